The molecule has 1 aromatic heterocycles. The van der Waals surface area contributed by atoms with Gasteiger partial charge in [-0.1, -0.05) is 0 Å². The van der Waals surface area contributed by atoms with Crippen LogP contribution >= 0.6 is 24.0 Å². The zero-order chi connectivity index (χ0) is 19.4. The summed E-state index contributed by atoms with van der Waals surface area (Å²) < 4.78 is 32.5. The highest BCUT2D eigenvalue weighted by atomic mass is 127. The van der Waals surface area contributed by atoms with Gasteiger partial charge in [0.15, 0.2) is 5.96 Å². The first-order valence-electron chi connectivity index (χ1n) is 9.37. The number of guanidine groups is 1. The lowest BCUT2D eigenvalue weighted by atomic mass is 9.98. The summed E-state index contributed by atoms with van der Waals surface area (Å²) in [6.45, 7) is 4.18. The van der Waals surface area contributed by atoms with E-state index in [9.17, 15) is 8.42 Å². The van der Waals surface area contributed by atoms with Crippen molar-refractivity contribution in [1.29, 1.82) is 0 Å². The molecule has 2 aliphatic rings. The van der Waals surface area contributed by atoms with Gasteiger partial charge in [0.05, 0.1) is 25.6 Å². The first-order chi connectivity index (χ1) is 12.9. The summed E-state index contributed by atoms with van der Waals surface area (Å²) in [6, 6.07) is 0. The first-order valence-corrected chi connectivity index (χ1v) is 11.2. The largest absolute Gasteiger partial charge is 0.370 e. The van der Waals surface area contributed by atoms with Crippen molar-refractivity contribution in [3.63, 3.8) is 0 Å². The molecule has 1 unspecified atom stereocenters. The molecule has 0 aliphatic carbocycles. The maximum Gasteiger partial charge on any atom is 0.211 e. The van der Waals surface area contributed by atoms with E-state index in [1.807, 2.05) is 19.4 Å². The van der Waals surface area contributed by atoms with Crippen molar-refractivity contribution in [2.45, 2.75) is 18.9 Å². The quantitative estimate of drug-likeness (QED) is 0.352. The Balaban J connectivity index is 0.00000280. The van der Waals surface area contributed by atoms with E-state index in [2.05, 4.69) is 20.3 Å². The monoisotopic (exact) mass is 526 g/mol. The van der Waals surface area contributed by atoms with Gasteiger partial charge in [-0.3, -0.25) is 9.67 Å². The third-order valence-electron chi connectivity index (χ3n) is 5.27. The molecule has 0 saturated carbocycles. The van der Waals surface area contributed by atoms with Crippen molar-refractivity contribution in [3.8, 4) is 0 Å². The van der Waals surface area contributed by atoms with E-state index in [0.717, 1.165) is 44.0 Å². The van der Waals surface area contributed by atoms with E-state index >= 15 is 0 Å². The van der Waals surface area contributed by atoms with Crippen LogP contribution in [-0.4, -0.2) is 86.0 Å². The van der Waals surface area contributed by atoms with Gasteiger partial charge in [0.1, 0.15) is 6.10 Å². The lowest BCUT2D eigenvalue weighted by Crippen LogP contribution is -2.49. The average Bonchev–Trinajstić information content (AvgIpc) is 3.09. The van der Waals surface area contributed by atoms with Crippen LogP contribution in [-0.2, 0) is 21.8 Å². The molecule has 2 aliphatic heterocycles. The summed E-state index contributed by atoms with van der Waals surface area (Å²) in [5.41, 5.74) is 1.07. The molecule has 11 heteroatoms. The van der Waals surface area contributed by atoms with Crippen LogP contribution in [0.3, 0.4) is 0 Å². The van der Waals surface area contributed by atoms with E-state index in [1.165, 1.54) is 6.26 Å². The van der Waals surface area contributed by atoms with Crippen LogP contribution in [0.15, 0.2) is 17.4 Å². The number of aryl methyl sites for hydroxylation is 1. The second-order valence-electron chi connectivity index (χ2n) is 7.29. The number of piperidine rings is 1. The fourth-order valence-corrected chi connectivity index (χ4v) is 4.54. The molecule has 3 heterocycles. The molecule has 9 nitrogen and oxygen atoms in total. The molecule has 2 saturated heterocycles. The highest BCUT2D eigenvalue weighted by Gasteiger charge is 2.27. The molecule has 0 radical (unpaired) electrons. The van der Waals surface area contributed by atoms with Crippen LogP contribution in [0.25, 0.3) is 0 Å². The fraction of sp³-hybridized carbons (Fsp3) is 0.765. The van der Waals surface area contributed by atoms with Gasteiger partial charge in [0.2, 0.25) is 10.0 Å². The number of sulfonamides is 1. The van der Waals surface area contributed by atoms with Crippen molar-refractivity contribution in [1.82, 2.24) is 24.3 Å². The Labute approximate surface area is 184 Å². The smallest absolute Gasteiger partial charge is 0.211 e. The lowest BCUT2D eigenvalue weighted by molar-refractivity contribution is -0.00810. The van der Waals surface area contributed by atoms with Gasteiger partial charge < -0.3 is 15.0 Å². The maximum absolute atomic E-state index is 11.6. The first kappa shape index (κ1) is 23.4. The lowest BCUT2D eigenvalue weighted by Gasteiger charge is -2.36. The number of aliphatic imine (C=N–C) groups is 1. The molecular weight excluding hydrogens is 495 g/mol. The third kappa shape index (κ3) is 6.04. The predicted octanol–water partition coefficient (Wildman–Crippen LogP) is 0.658. The van der Waals surface area contributed by atoms with Gasteiger partial charge in [-0.2, -0.15) is 5.10 Å². The Morgan fingerprint density at radius 3 is 2.64 bits per heavy atom. The molecule has 0 spiro atoms. The summed E-state index contributed by atoms with van der Waals surface area (Å²) >= 11 is 0. The summed E-state index contributed by atoms with van der Waals surface area (Å²) in [6.07, 6.45) is 6.85. The van der Waals surface area contributed by atoms with E-state index in [1.54, 1.807) is 16.0 Å². The molecule has 1 N–H and O–H groups in total. The minimum atomic E-state index is -3.07. The van der Waals surface area contributed by atoms with Gasteiger partial charge >= 0.3 is 0 Å². The van der Waals surface area contributed by atoms with Crippen molar-refractivity contribution in [2.24, 2.45) is 18.0 Å². The number of hydrogen-bond donors (Lipinski definition) is 1. The number of nitrogens with one attached hydrogen (secondary N) is 1. The Hall–Kier alpha value is -0.920. The molecule has 3 rings (SSSR count). The van der Waals surface area contributed by atoms with Gasteiger partial charge in [-0.05, 0) is 18.8 Å². The minimum absolute atomic E-state index is 0. The molecule has 1 aromatic rings. The topological polar surface area (TPSA) is 92.1 Å². The maximum atomic E-state index is 11.6. The fourth-order valence-electron chi connectivity index (χ4n) is 3.66. The Bertz CT molecular complexity index is 761. The molecule has 0 amide bonds. The summed E-state index contributed by atoms with van der Waals surface area (Å²) in [7, 11) is 0.624. The minimum Gasteiger partial charge on any atom is -0.370 e. The molecular formula is C17H31IN6O3S. The van der Waals surface area contributed by atoms with E-state index in [0.29, 0.717) is 25.6 Å². The van der Waals surface area contributed by atoms with Crippen LogP contribution in [0.4, 0.5) is 0 Å². The van der Waals surface area contributed by atoms with Gasteiger partial charge in [-0.15, -0.1) is 24.0 Å². The van der Waals surface area contributed by atoms with Crippen molar-refractivity contribution in [2.75, 3.05) is 52.6 Å². The normalized spacial score (nSPS) is 22.8. The average molecular weight is 526 g/mol. The number of halogens is 1. The summed E-state index contributed by atoms with van der Waals surface area (Å²) in [5, 5.41) is 7.70. The standard InChI is InChI=1S/C17H30N6O3S.HI/c1-18-17(19-10-14-4-6-23(7-5-14)27(3,24)25)22-8-9-26-16(13-22)15-11-20-21(2)12-15;/h11-12,14,16H,4-10,13H2,1-3H3,(H,18,19);1H. The molecule has 0 aromatic carbocycles. The van der Waals surface area contributed by atoms with Crippen LogP contribution in [0.2, 0.25) is 0 Å². The molecule has 160 valence electrons. The number of rotatable bonds is 4. The zero-order valence-corrected chi connectivity index (χ0v) is 19.9. The summed E-state index contributed by atoms with van der Waals surface area (Å²) in [4.78, 5) is 6.65. The van der Waals surface area contributed by atoms with Crippen LogP contribution in [0.1, 0.15) is 24.5 Å². The predicted molar refractivity (Wildman–Crippen MR) is 119 cm³/mol. The number of ether oxygens (including phenoxy) is 1. The number of aromatic nitrogens is 2. The van der Waals surface area contributed by atoms with Crippen LogP contribution in [0, 0.1) is 5.92 Å². The number of hydrogen-bond acceptors (Lipinski definition) is 5. The van der Waals surface area contributed by atoms with Gasteiger partial charge in [0.25, 0.3) is 0 Å². The van der Waals surface area contributed by atoms with Crippen molar-refractivity contribution >= 4 is 40.0 Å². The zero-order valence-electron chi connectivity index (χ0n) is 16.7. The molecule has 2 fully saturated rings. The van der Waals surface area contributed by atoms with Gasteiger partial charge in [-0.25, -0.2) is 12.7 Å². The van der Waals surface area contributed by atoms with Gasteiger partial charge in [0, 0.05) is 52.0 Å². The third-order valence-corrected chi connectivity index (χ3v) is 6.57. The van der Waals surface area contributed by atoms with E-state index in [-0.39, 0.29) is 30.1 Å². The van der Waals surface area contributed by atoms with Crippen LogP contribution < -0.4 is 5.32 Å². The highest BCUT2D eigenvalue weighted by Crippen LogP contribution is 2.22. The number of nitrogens with zero attached hydrogens (tertiary/aromatic N) is 5. The van der Waals surface area contributed by atoms with E-state index in [4.69, 9.17) is 4.74 Å². The summed E-state index contributed by atoms with van der Waals surface area (Å²) in [5.74, 6) is 1.33. The SMILES string of the molecule is CN=C(NCC1CCN(S(C)(=O)=O)CC1)N1CCOC(c2cnn(C)c2)C1.I. The molecule has 28 heavy (non-hydrogen) atoms. The molecule has 1 atom stereocenters. The second kappa shape index (κ2) is 10.2. The Kier molecular flexibility index (Phi) is 8.52. The van der Waals surface area contributed by atoms with Crippen molar-refractivity contribution in [3.05, 3.63) is 18.0 Å². The molecule has 0 bridgehead atoms. The van der Waals surface area contributed by atoms with Crippen LogP contribution in [0.5, 0.6) is 0 Å². The van der Waals surface area contributed by atoms with Crippen molar-refractivity contribution < 1.29 is 13.2 Å². The Morgan fingerprint density at radius 2 is 2.07 bits per heavy atom. The number of morpholine rings is 1. The van der Waals surface area contributed by atoms with E-state index < -0.39 is 10.0 Å². The second-order valence-corrected chi connectivity index (χ2v) is 9.27. The highest BCUT2D eigenvalue weighted by molar-refractivity contribution is 14.0. The Morgan fingerprint density at radius 1 is 1.36 bits per heavy atom.